The Morgan fingerprint density at radius 1 is 0.971 bits per heavy atom. The van der Waals surface area contributed by atoms with E-state index in [1.54, 1.807) is 16.2 Å². The highest BCUT2D eigenvalue weighted by Crippen LogP contribution is 2.19. The Bertz CT molecular complexity index is 1070. The molecule has 2 amide bonds. The van der Waals surface area contributed by atoms with Crippen LogP contribution in [0.2, 0.25) is 0 Å². The Labute approximate surface area is 206 Å². The summed E-state index contributed by atoms with van der Waals surface area (Å²) in [6.45, 7) is 8.77. The van der Waals surface area contributed by atoms with Gasteiger partial charge in [0.2, 0.25) is 0 Å². The maximum absolute atomic E-state index is 13.6. The summed E-state index contributed by atoms with van der Waals surface area (Å²) < 4.78 is 5.32. The van der Waals surface area contributed by atoms with Gasteiger partial charge in [0.15, 0.2) is 0 Å². The van der Waals surface area contributed by atoms with E-state index < -0.39 is 11.7 Å². The van der Waals surface area contributed by atoms with E-state index in [0.717, 1.165) is 23.3 Å². The molecule has 0 fully saturated rings. The van der Waals surface area contributed by atoms with E-state index in [9.17, 15) is 9.59 Å². The highest BCUT2D eigenvalue weighted by Gasteiger charge is 2.21. The van der Waals surface area contributed by atoms with Crippen LogP contribution in [0.25, 0.3) is 0 Å². The van der Waals surface area contributed by atoms with Crippen molar-refractivity contribution in [2.45, 2.75) is 52.7 Å². The van der Waals surface area contributed by atoms with E-state index in [1.165, 1.54) is 11.1 Å². The van der Waals surface area contributed by atoms with Gasteiger partial charge in [-0.25, -0.2) is 4.79 Å². The van der Waals surface area contributed by atoms with Crippen LogP contribution in [0.4, 0.5) is 4.79 Å². The highest BCUT2D eigenvalue weighted by molar-refractivity contribution is 7.09. The molecule has 0 spiro atoms. The van der Waals surface area contributed by atoms with Gasteiger partial charge in [-0.1, -0.05) is 54.1 Å². The van der Waals surface area contributed by atoms with E-state index in [1.807, 2.05) is 62.5 Å². The van der Waals surface area contributed by atoms with Gasteiger partial charge in [0.05, 0.1) is 6.54 Å². The molecule has 0 aliphatic rings. The summed E-state index contributed by atoms with van der Waals surface area (Å²) >= 11 is 1.62. The van der Waals surface area contributed by atoms with Crippen LogP contribution in [0.1, 0.15) is 52.7 Å². The molecule has 5 nitrogen and oxygen atoms in total. The summed E-state index contributed by atoms with van der Waals surface area (Å²) in [6, 6.07) is 20.3. The van der Waals surface area contributed by atoms with Crippen molar-refractivity contribution in [3.63, 3.8) is 0 Å². The molecule has 1 N–H and O–H groups in total. The van der Waals surface area contributed by atoms with E-state index in [4.69, 9.17) is 4.74 Å². The number of benzene rings is 2. The number of alkyl carbamates (subject to hydrolysis) is 1. The van der Waals surface area contributed by atoms with Gasteiger partial charge in [-0.2, -0.15) is 0 Å². The smallest absolute Gasteiger partial charge is 0.407 e. The van der Waals surface area contributed by atoms with Crippen LogP contribution >= 0.6 is 11.3 Å². The lowest BCUT2D eigenvalue weighted by molar-refractivity contribution is 0.0512. The van der Waals surface area contributed by atoms with Gasteiger partial charge in [-0.15, -0.1) is 11.3 Å². The summed E-state index contributed by atoms with van der Waals surface area (Å²) in [7, 11) is 0. The molecule has 0 bridgehead atoms. The van der Waals surface area contributed by atoms with Crippen LogP contribution in [-0.4, -0.2) is 35.6 Å². The van der Waals surface area contributed by atoms with E-state index >= 15 is 0 Å². The number of amides is 2. The number of thiophene rings is 1. The van der Waals surface area contributed by atoms with Crippen molar-refractivity contribution < 1.29 is 14.3 Å². The molecule has 0 radical (unpaired) electrons. The fourth-order valence-corrected chi connectivity index (χ4v) is 4.32. The third-order valence-corrected chi connectivity index (χ3v) is 6.18. The fourth-order valence-electron chi connectivity index (χ4n) is 3.60. The fraction of sp³-hybridized carbons (Fsp3) is 0.357. The number of aryl methyl sites for hydroxylation is 3. The number of nitrogens with one attached hydrogen (secondary N) is 1. The number of carbonyl (C=O) groups excluding carboxylic acids is 2. The number of carbonyl (C=O) groups is 2. The molecule has 0 atom stereocenters. The van der Waals surface area contributed by atoms with Crippen LogP contribution in [-0.2, 0) is 24.1 Å². The molecular weight excluding hydrogens is 444 g/mol. The van der Waals surface area contributed by atoms with Crippen LogP contribution < -0.4 is 5.32 Å². The number of nitrogens with zero attached hydrogens (tertiary/aromatic N) is 1. The van der Waals surface area contributed by atoms with Crippen molar-refractivity contribution in [2.24, 2.45) is 0 Å². The van der Waals surface area contributed by atoms with Crippen LogP contribution in [0.3, 0.4) is 0 Å². The zero-order valence-electron chi connectivity index (χ0n) is 20.5. The summed E-state index contributed by atoms with van der Waals surface area (Å²) in [5.41, 5.74) is 3.67. The Kier molecular flexibility index (Phi) is 8.88. The molecular formula is C28H34N2O3S. The van der Waals surface area contributed by atoms with Gasteiger partial charge < -0.3 is 15.0 Å². The van der Waals surface area contributed by atoms with E-state index in [2.05, 4.69) is 36.5 Å². The molecule has 6 heteroatoms. The predicted octanol–water partition coefficient (Wildman–Crippen LogP) is 6.01. The summed E-state index contributed by atoms with van der Waals surface area (Å²) in [5.74, 6) is -0.0288. The minimum Gasteiger partial charge on any atom is -0.444 e. The van der Waals surface area contributed by atoms with Gasteiger partial charge >= 0.3 is 6.09 Å². The van der Waals surface area contributed by atoms with Gasteiger partial charge in [-0.05, 0) is 69.2 Å². The molecule has 2 aromatic carbocycles. The zero-order valence-corrected chi connectivity index (χ0v) is 21.3. The van der Waals surface area contributed by atoms with Gasteiger partial charge in [-0.3, -0.25) is 4.79 Å². The lowest BCUT2D eigenvalue weighted by Gasteiger charge is -2.24. The molecule has 34 heavy (non-hydrogen) atoms. The normalized spacial score (nSPS) is 11.2. The average Bonchev–Trinajstić information content (AvgIpc) is 3.30. The first-order valence-electron chi connectivity index (χ1n) is 11.6. The van der Waals surface area contributed by atoms with Crippen LogP contribution in [0, 0.1) is 6.92 Å². The predicted molar refractivity (Wildman–Crippen MR) is 138 cm³/mol. The van der Waals surface area contributed by atoms with E-state index in [-0.39, 0.29) is 5.91 Å². The minimum atomic E-state index is -0.563. The van der Waals surface area contributed by atoms with Gasteiger partial charge in [0.1, 0.15) is 5.60 Å². The quantitative estimate of drug-likeness (QED) is 0.410. The second-order valence-corrected chi connectivity index (χ2v) is 10.4. The second kappa shape index (κ2) is 11.8. The summed E-state index contributed by atoms with van der Waals surface area (Å²) in [5, 5.41) is 4.78. The molecule has 0 unspecified atom stereocenters. The molecule has 3 aromatic rings. The Morgan fingerprint density at radius 3 is 2.38 bits per heavy atom. The topological polar surface area (TPSA) is 58.6 Å². The first kappa shape index (κ1) is 25.5. The lowest BCUT2D eigenvalue weighted by Crippen LogP contribution is -2.40. The molecule has 1 aromatic heterocycles. The van der Waals surface area contributed by atoms with Crippen LogP contribution in [0.15, 0.2) is 66.0 Å². The first-order valence-corrected chi connectivity index (χ1v) is 12.5. The Hall–Kier alpha value is -3.12. The van der Waals surface area contributed by atoms with E-state index in [0.29, 0.717) is 25.2 Å². The largest absolute Gasteiger partial charge is 0.444 e. The third kappa shape index (κ3) is 8.03. The van der Waals surface area contributed by atoms with Crippen molar-refractivity contribution in [3.05, 3.63) is 93.2 Å². The maximum atomic E-state index is 13.6. The maximum Gasteiger partial charge on any atom is 0.407 e. The SMILES string of the molecule is Cc1ccc(CCc2ccccc2C(=O)N(CCNC(=O)OC(C)(C)C)Cc2cccs2)cc1. The number of rotatable bonds is 9. The zero-order chi connectivity index (χ0) is 24.6. The molecule has 3 rings (SSSR count). The lowest BCUT2D eigenvalue weighted by atomic mass is 9.98. The Balaban J connectivity index is 1.71. The average molecular weight is 479 g/mol. The first-order chi connectivity index (χ1) is 16.2. The summed E-state index contributed by atoms with van der Waals surface area (Å²) in [4.78, 5) is 28.6. The summed E-state index contributed by atoms with van der Waals surface area (Å²) in [6.07, 6.45) is 1.18. The highest BCUT2D eigenvalue weighted by atomic mass is 32.1. The molecule has 0 saturated heterocycles. The van der Waals surface area contributed by atoms with Crippen molar-refractivity contribution in [2.75, 3.05) is 13.1 Å². The molecule has 0 aliphatic heterocycles. The molecule has 180 valence electrons. The van der Waals surface area contributed by atoms with Gasteiger partial charge in [0.25, 0.3) is 5.91 Å². The van der Waals surface area contributed by atoms with Crippen LogP contribution in [0.5, 0.6) is 0 Å². The van der Waals surface area contributed by atoms with Crippen molar-refractivity contribution in [1.82, 2.24) is 10.2 Å². The van der Waals surface area contributed by atoms with Crippen molar-refractivity contribution in [3.8, 4) is 0 Å². The number of hydrogen-bond acceptors (Lipinski definition) is 4. The minimum absolute atomic E-state index is 0.0288. The number of hydrogen-bond donors (Lipinski definition) is 1. The third-order valence-electron chi connectivity index (χ3n) is 5.32. The standard InChI is InChI=1S/C28H34N2O3S/c1-21-11-13-22(14-12-21)15-16-23-8-5-6-10-25(23)26(31)30(20-24-9-7-19-34-24)18-17-29-27(32)33-28(2,3)4/h5-14,19H,15-18,20H2,1-4H3,(H,29,32). The monoisotopic (exact) mass is 478 g/mol. The Morgan fingerprint density at radius 2 is 1.71 bits per heavy atom. The second-order valence-electron chi connectivity index (χ2n) is 9.38. The molecule has 0 aliphatic carbocycles. The van der Waals surface area contributed by atoms with Crippen molar-refractivity contribution >= 4 is 23.3 Å². The van der Waals surface area contributed by atoms with Gasteiger partial charge in [0, 0.05) is 23.5 Å². The number of ether oxygens (including phenoxy) is 1. The molecule has 1 heterocycles. The van der Waals surface area contributed by atoms with Crippen molar-refractivity contribution in [1.29, 1.82) is 0 Å². The molecule has 0 saturated carbocycles.